The summed E-state index contributed by atoms with van der Waals surface area (Å²) in [4.78, 5) is 22.7. The van der Waals surface area contributed by atoms with Crippen LogP contribution in [0.2, 0.25) is 0 Å². The Labute approximate surface area is 122 Å². The van der Waals surface area contributed by atoms with Gasteiger partial charge >= 0.3 is 5.97 Å². The third kappa shape index (κ3) is 5.92. The summed E-state index contributed by atoms with van der Waals surface area (Å²) in [5, 5.41) is 19.9. The molecule has 116 valence electrons. The van der Waals surface area contributed by atoms with Crippen molar-refractivity contribution in [2.24, 2.45) is 0 Å². The van der Waals surface area contributed by atoms with Crippen molar-refractivity contribution < 1.29 is 28.2 Å². The number of nitrogens with one attached hydrogen (secondary N) is 1. The van der Waals surface area contributed by atoms with Gasteiger partial charge in [0.25, 0.3) is 5.91 Å². The number of carboxylic acids is 1. The number of hydrogen-bond donors (Lipinski definition) is 3. The molecule has 0 fully saturated rings. The summed E-state index contributed by atoms with van der Waals surface area (Å²) in [6.07, 6.45) is 1.02. The van der Waals surface area contributed by atoms with Gasteiger partial charge in [0, 0.05) is 24.8 Å². The lowest BCUT2D eigenvalue weighted by Crippen LogP contribution is -2.41. The molecule has 21 heavy (non-hydrogen) atoms. The van der Waals surface area contributed by atoms with Gasteiger partial charge in [0.1, 0.15) is 6.04 Å². The average Bonchev–Trinajstić information content (AvgIpc) is 2.36. The molecule has 1 atom stereocenters. The fourth-order valence-corrected chi connectivity index (χ4v) is 2.48. The van der Waals surface area contributed by atoms with Crippen molar-refractivity contribution in [1.82, 2.24) is 5.32 Å². The van der Waals surface area contributed by atoms with E-state index in [-0.39, 0.29) is 24.3 Å². The largest absolute Gasteiger partial charge is 0.480 e. The molecule has 0 aromatic heterocycles. The Kier molecular flexibility index (Phi) is 5.86. The topological polar surface area (TPSA) is 121 Å². The van der Waals surface area contributed by atoms with E-state index in [0.29, 0.717) is 5.56 Å². The Morgan fingerprint density at radius 2 is 1.81 bits per heavy atom. The lowest BCUT2D eigenvalue weighted by molar-refractivity contribution is -0.139. The van der Waals surface area contributed by atoms with E-state index in [2.05, 4.69) is 5.32 Å². The van der Waals surface area contributed by atoms with Gasteiger partial charge < -0.3 is 15.5 Å². The molecule has 0 saturated heterocycles. The van der Waals surface area contributed by atoms with Crippen LogP contribution in [0.5, 0.6) is 0 Å². The summed E-state index contributed by atoms with van der Waals surface area (Å²) < 4.78 is 22.3. The Balaban J connectivity index is 2.77. The highest BCUT2D eigenvalue weighted by molar-refractivity contribution is 7.89. The first-order chi connectivity index (χ1) is 9.73. The van der Waals surface area contributed by atoms with E-state index in [4.69, 9.17) is 10.2 Å². The normalized spacial score (nSPS) is 12.7. The van der Waals surface area contributed by atoms with Gasteiger partial charge in [0.15, 0.2) is 9.84 Å². The highest BCUT2D eigenvalue weighted by Crippen LogP contribution is 2.08. The Morgan fingerprint density at radius 1 is 1.24 bits per heavy atom. The minimum Gasteiger partial charge on any atom is -0.480 e. The summed E-state index contributed by atoms with van der Waals surface area (Å²) >= 11 is 0. The molecule has 0 spiro atoms. The fourth-order valence-electron chi connectivity index (χ4n) is 1.68. The number of amides is 1. The van der Waals surface area contributed by atoms with E-state index in [0.717, 1.165) is 6.26 Å². The molecule has 0 bridgehead atoms. The molecule has 7 nitrogen and oxygen atoms in total. The van der Waals surface area contributed by atoms with Gasteiger partial charge in [-0.15, -0.1) is 0 Å². The molecule has 0 unspecified atom stereocenters. The van der Waals surface area contributed by atoms with Crippen molar-refractivity contribution in [3.8, 4) is 0 Å². The average molecular weight is 315 g/mol. The highest BCUT2D eigenvalue weighted by Gasteiger charge is 2.20. The molecule has 1 amide bonds. The summed E-state index contributed by atoms with van der Waals surface area (Å²) in [5.41, 5.74) is 0.760. The third-order valence-electron chi connectivity index (χ3n) is 2.67. The maximum absolute atomic E-state index is 11.9. The zero-order valence-corrected chi connectivity index (χ0v) is 12.3. The Bertz CT molecular complexity index is 608. The maximum Gasteiger partial charge on any atom is 0.326 e. The number of rotatable bonds is 7. The number of aliphatic hydroxyl groups is 1. The number of carbonyl (C=O) groups excluding carboxylic acids is 1. The van der Waals surface area contributed by atoms with Crippen LogP contribution in [-0.2, 0) is 20.4 Å². The first-order valence-electron chi connectivity index (χ1n) is 6.14. The van der Waals surface area contributed by atoms with E-state index in [9.17, 15) is 18.0 Å². The molecule has 1 aromatic carbocycles. The molecule has 1 aromatic rings. The minimum absolute atomic E-state index is 0.0900. The van der Waals surface area contributed by atoms with E-state index >= 15 is 0 Å². The predicted molar refractivity (Wildman–Crippen MR) is 75.6 cm³/mol. The summed E-state index contributed by atoms with van der Waals surface area (Å²) in [6.45, 7) is -0.357. The van der Waals surface area contributed by atoms with Crippen LogP contribution in [0.25, 0.3) is 0 Å². The monoisotopic (exact) mass is 315 g/mol. The van der Waals surface area contributed by atoms with Crippen molar-refractivity contribution in [3.05, 3.63) is 35.4 Å². The first kappa shape index (κ1) is 17.1. The van der Waals surface area contributed by atoms with Crippen molar-refractivity contribution in [2.45, 2.75) is 18.2 Å². The van der Waals surface area contributed by atoms with Crippen LogP contribution in [0.4, 0.5) is 0 Å². The maximum atomic E-state index is 11.9. The standard InChI is InChI=1S/C13H17NO6S/c1-21(19,20)8-9-2-4-10(5-3-9)12(16)14-11(6-7-15)13(17)18/h2-5,11,15H,6-8H2,1H3,(H,14,16)(H,17,18)/t11-/m1/s1. The number of carbonyl (C=O) groups is 2. The molecular weight excluding hydrogens is 298 g/mol. The van der Waals surface area contributed by atoms with E-state index in [1.165, 1.54) is 24.3 Å². The molecule has 3 N–H and O–H groups in total. The van der Waals surface area contributed by atoms with Crippen LogP contribution in [-0.4, -0.2) is 49.4 Å². The second-order valence-corrected chi connectivity index (χ2v) is 6.78. The molecule has 8 heteroatoms. The number of carboxylic acid groups (broad SMARTS) is 1. The lowest BCUT2D eigenvalue weighted by Gasteiger charge is -2.13. The SMILES string of the molecule is CS(=O)(=O)Cc1ccc(C(=O)N[C@H](CCO)C(=O)O)cc1. The molecule has 0 aliphatic rings. The zero-order chi connectivity index (χ0) is 16.0. The van der Waals surface area contributed by atoms with Gasteiger partial charge in [-0.2, -0.15) is 0 Å². The lowest BCUT2D eigenvalue weighted by atomic mass is 10.1. The molecular formula is C13H17NO6S. The molecule has 0 heterocycles. The Morgan fingerprint density at radius 3 is 2.24 bits per heavy atom. The van der Waals surface area contributed by atoms with Gasteiger partial charge in [-0.05, 0) is 17.7 Å². The second kappa shape index (κ2) is 7.19. The third-order valence-corrected chi connectivity index (χ3v) is 3.52. The molecule has 0 saturated carbocycles. The Hall–Kier alpha value is -1.93. The minimum atomic E-state index is -3.15. The second-order valence-electron chi connectivity index (χ2n) is 4.64. The fraction of sp³-hybridized carbons (Fsp3) is 0.385. The van der Waals surface area contributed by atoms with E-state index < -0.39 is 27.8 Å². The van der Waals surface area contributed by atoms with Crippen molar-refractivity contribution >= 4 is 21.7 Å². The van der Waals surface area contributed by atoms with Crippen LogP contribution in [0.1, 0.15) is 22.3 Å². The predicted octanol–water partition coefficient (Wildman–Crippen LogP) is -0.203. The molecule has 0 aliphatic carbocycles. The number of aliphatic carboxylic acids is 1. The first-order valence-corrected chi connectivity index (χ1v) is 8.20. The van der Waals surface area contributed by atoms with Gasteiger partial charge in [-0.1, -0.05) is 12.1 Å². The number of hydrogen-bond acceptors (Lipinski definition) is 5. The van der Waals surface area contributed by atoms with Gasteiger partial charge in [0.05, 0.1) is 5.75 Å². The van der Waals surface area contributed by atoms with Gasteiger partial charge in [-0.25, -0.2) is 13.2 Å². The summed E-state index contributed by atoms with van der Waals surface area (Å²) in [7, 11) is -3.15. The molecule has 1 rings (SSSR count). The van der Waals surface area contributed by atoms with Crippen molar-refractivity contribution in [3.63, 3.8) is 0 Å². The van der Waals surface area contributed by atoms with Gasteiger partial charge in [0.2, 0.25) is 0 Å². The zero-order valence-electron chi connectivity index (χ0n) is 11.4. The van der Waals surface area contributed by atoms with Gasteiger partial charge in [-0.3, -0.25) is 4.79 Å². The van der Waals surface area contributed by atoms with Crippen LogP contribution in [0.3, 0.4) is 0 Å². The van der Waals surface area contributed by atoms with Crippen molar-refractivity contribution in [1.29, 1.82) is 0 Å². The number of sulfone groups is 1. The summed E-state index contributed by atoms with van der Waals surface area (Å²) in [6, 6.07) is 4.68. The van der Waals surface area contributed by atoms with Crippen LogP contribution in [0.15, 0.2) is 24.3 Å². The highest BCUT2D eigenvalue weighted by atomic mass is 32.2. The molecule has 0 aliphatic heterocycles. The van der Waals surface area contributed by atoms with Crippen LogP contribution in [0, 0.1) is 0 Å². The van der Waals surface area contributed by atoms with Crippen LogP contribution < -0.4 is 5.32 Å². The number of aliphatic hydroxyl groups excluding tert-OH is 1. The molecule has 0 radical (unpaired) electrons. The summed E-state index contributed by atoms with van der Waals surface area (Å²) in [5.74, 6) is -1.95. The van der Waals surface area contributed by atoms with Crippen molar-refractivity contribution in [2.75, 3.05) is 12.9 Å². The number of benzene rings is 1. The van der Waals surface area contributed by atoms with E-state index in [1.54, 1.807) is 0 Å². The quantitative estimate of drug-likeness (QED) is 0.640. The smallest absolute Gasteiger partial charge is 0.326 e. The van der Waals surface area contributed by atoms with Crippen LogP contribution >= 0.6 is 0 Å². The van der Waals surface area contributed by atoms with E-state index in [1.807, 2.05) is 0 Å².